The lowest BCUT2D eigenvalue weighted by atomic mass is 10.1. The van der Waals surface area contributed by atoms with Crippen LogP contribution in [0.2, 0.25) is 0 Å². The molecule has 0 bridgehead atoms. The van der Waals surface area contributed by atoms with Crippen LogP contribution in [-0.2, 0) is 4.79 Å². The number of anilines is 2. The molecule has 1 aromatic rings. The normalized spacial score (nSPS) is 10.0. The van der Waals surface area contributed by atoms with Gasteiger partial charge in [0.25, 0.3) is 5.91 Å². The molecule has 6 nitrogen and oxygen atoms in total. The van der Waals surface area contributed by atoms with Crippen LogP contribution in [0.25, 0.3) is 0 Å². The number of carbonyl (C=O) groups is 2. The highest BCUT2D eigenvalue weighted by molar-refractivity contribution is 6.00. The molecule has 104 valence electrons. The topological polar surface area (TPSA) is 101 Å². The van der Waals surface area contributed by atoms with Crippen molar-refractivity contribution in [2.24, 2.45) is 5.73 Å². The summed E-state index contributed by atoms with van der Waals surface area (Å²) in [5.41, 5.74) is 12.6. The maximum atomic E-state index is 12.0. The maximum Gasteiger partial charge on any atom is 0.255 e. The van der Waals surface area contributed by atoms with Crippen LogP contribution in [0, 0.1) is 0 Å². The molecule has 0 aliphatic heterocycles. The Kier molecular flexibility index (Phi) is 5.17. The van der Waals surface area contributed by atoms with Gasteiger partial charge in [-0.05, 0) is 24.6 Å². The van der Waals surface area contributed by atoms with Crippen LogP contribution in [0.3, 0.4) is 0 Å². The van der Waals surface area contributed by atoms with E-state index in [1.54, 1.807) is 32.3 Å². The van der Waals surface area contributed by atoms with Crippen LogP contribution in [0.5, 0.6) is 0 Å². The van der Waals surface area contributed by atoms with E-state index in [0.29, 0.717) is 36.3 Å². The first kappa shape index (κ1) is 14.8. The predicted octanol–water partition coefficient (Wildman–Crippen LogP) is 0.648. The van der Waals surface area contributed by atoms with Crippen LogP contribution >= 0.6 is 0 Å². The molecule has 5 N–H and O–H groups in total. The van der Waals surface area contributed by atoms with E-state index in [0.717, 1.165) is 0 Å². The Balaban J connectivity index is 2.77. The number of nitrogens with two attached hydrogens (primary N) is 2. The minimum absolute atomic E-state index is 0.0996. The molecule has 1 rings (SSSR count). The van der Waals surface area contributed by atoms with Gasteiger partial charge in [-0.3, -0.25) is 9.59 Å². The average Bonchev–Trinajstić information content (AvgIpc) is 2.33. The number of amides is 2. The van der Waals surface area contributed by atoms with E-state index < -0.39 is 0 Å². The Labute approximate surface area is 112 Å². The molecule has 0 atom stereocenters. The third-order valence-electron chi connectivity index (χ3n) is 2.60. The molecule has 0 aliphatic rings. The van der Waals surface area contributed by atoms with Crippen molar-refractivity contribution in [3.8, 4) is 0 Å². The highest BCUT2D eigenvalue weighted by Crippen LogP contribution is 2.20. The lowest BCUT2D eigenvalue weighted by Crippen LogP contribution is -2.23. The Morgan fingerprint density at radius 2 is 2.00 bits per heavy atom. The molecule has 19 heavy (non-hydrogen) atoms. The summed E-state index contributed by atoms with van der Waals surface area (Å²) in [5.74, 6) is -0.434. The molecule has 0 aliphatic carbocycles. The minimum atomic E-state index is -0.334. The number of rotatable bonds is 6. The monoisotopic (exact) mass is 264 g/mol. The quantitative estimate of drug-likeness (QED) is 0.518. The fourth-order valence-electron chi connectivity index (χ4n) is 1.62. The largest absolute Gasteiger partial charge is 0.399 e. The molecule has 0 heterocycles. The molecule has 0 aromatic heterocycles. The second-order valence-corrected chi connectivity index (χ2v) is 4.50. The average molecular weight is 264 g/mol. The van der Waals surface area contributed by atoms with Gasteiger partial charge in [0.2, 0.25) is 5.91 Å². The number of nitrogens with one attached hydrogen (secondary N) is 1. The van der Waals surface area contributed by atoms with Gasteiger partial charge in [0.1, 0.15) is 0 Å². The van der Waals surface area contributed by atoms with E-state index >= 15 is 0 Å². The summed E-state index contributed by atoms with van der Waals surface area (Å²) in [5, 5.41) is 3.11. The van der Waals surface area contributed by atoms with Crippen LogP contribution in [-0.4, -0.2) is 37.4 Å². The molecule has 0 saturated heterocycles. The standard InChI is InChI=1S/C13H20N4O2/c1-17(2)13(19)10-6-5-9(14)8-11(10)16-7-3-4-12(15)18/h5-6,8,16H,3-4,7,14H2,1-2H3,(H2,15,18). The van der Waals surface area contributed by atoms with Crippen LogP contribution < -0.4 is 16.8 Å². The smallest absolute Gasteiger partial charge is 0.255 e. The lowest BCUT2D eigenvalue weighted by Gasteiger charge is -2.15. The van der Waals surface area contributed by atoms with Crippen molar-refractivity contribution in [3.05, 3.63) is 23.8 Å². The Hall–Kier alpha value is -2.24. The van der Waals surface area contributed by atoms with Gasteiger partial charge >= 0.3 is 0 Å². The van der Waals surface area contributed by atoms with Crippen molar-refractivity contribution >= 4 is 23.2 Å². The predicted molar refractivity (Wildman–Crippen MR) is 75.8 cm³/mol. The van der Waals surface area contributed by atoms with Crippen molar-refractivity contribution in [3.63, 3.8) is 0 Å². The first-order valence-electron chi connectivity index (χ1n) is 6.05. The van der Waals surface area contributed by atoms with Gasteiger partial charge in [0, 0.05) is 38.4 Å². The minimum Gasteiger partial charge on any atom is -0.399 e. The zero-order chi connectivity index (χ0) is 14.4. The van der Waals surface area contributed by atoms with Crippen molar-refractivity contribution in [2.45, 2.75) is 12.8 Å². The highest BCUT2D eigenvalue weighted by atomic mass is 16.2. The molecule has 1 aromatic carbocycles. The molecule has 0 saturated carbocycles. The van der Waals surface area contributed by atoms with Gasteiger partial charge in [-0.2, -0.15) is 0 Å². The third kappa shape index (κ3) is 4.50. The molecule has 0 unspecified atom stereocenters. The fourth-order valence-corrected chi connectivity index (χ4v) is 1.62. The third-order valence-corrected chi connectivity index (χ3v) is 2.60. The fraction of sp³-hybridized carbons (Fsp3) is 0.385. The number of hydrogen-bond donors (Lipinski definition) is 3. The summed E-state index contributed by atoms with van der Waals surface area (Å²) in [7, 11) is 3.38. The van der Waals surface area contributed by atoms with E-state index in [4.69, 9.17) is 11.5 Å². The van der Waals surface area contributed by atoms with Gasteiger partial charge in [-0.15, -0.1) is 0 Å². The number of nitrogens with zero attached hydrogens (tertiary/aromatic N) is 1. The SMILES string of the molecule is CN(C)C(=O)c1ccc(N)cc1NCCCC(N)=O. The van der Waals surface area contributed by atoms with Gasteiger partial charge in [-0.25, -0.2) is 0 Å². The van der Waals surface area contributed by atoms with E-state index in [2.05, 4.69) is 5.32 Å². The Morgan fingerprint density at radius 3 is 2.58 bits per heavy atom. The number of primary amides is 1. The summed E-state index contributed by atoms with van der Waals surface area (Å²) >= 11 is 0. The summed E-state index contributed by atoms with van der Waals surface area (Å²) < 4.78 is 0. The summed E-state index contributed by atoms with van der Waals surface area (Å²) in [4.78, 5) is 24.1. The summed E-state index contributed by atoms with van der Waals surface area (Å²) in [6.07, 6.45) is 0.923. The van der Waals surface area contributed by atoms with E-state index in [9.17, 15) is 9.59 Å². The van der Waals surface area contributed by atoms with Gasteiger partial charge < -0.3 is 21.7 Å². The van der Waals surface area contributed by atoms with Gasteiger partial charge in [-0.1, -0.05) is 0 Å². The maximum absolute atomic E-state index is 12.0. The van der Waals surface area contributed by atoms with Crippen molar-refractivity contribution in [1.29, 1.82) is 0 Å². The Bertz CT molecular complexity index is 472. The first-order valence-corrected chi connectivity index (χ1v) is 6.05. The number of carbonyl (C=O) groups excluding carboxylic acids is 2. The molecule has 6 heteroatoms. The van der Waals surface area contributed by atoms with Crippen LogP contribution in [0.4, 0.5) is 11.4 Å². The highest BCUT2D eigenvalue weighted by Gasteiger charge is 2.13. The molecule has 2 amide bonds. The molecule has 0 spiro atoms. The van der Waals surface area contributed by atoms with E-state index in [-0.39, 0.29) is 11.8 Å². The summed E-state index contributed by atoms with van der Waals surface area (Å²) in [6, 6.07) is 5.08. The van der Waals surface area contributed by atoms with Crippen molar-refractivity contribution in [1.82, 2.24) is 4.90 Å². The lowest BCUT2D eigenvalue weighted by molar-refractivity contribution is -0.118. The van der Waals surface area contributed by atoms with E-state index in [1.165, 1.54) is 4.90 Å². The number of benzene rings is 1. The van der Waals surface area contributed by atoms with Crippen molar-refractivity contribution < 1.29 is 9.59 Å². The second kappa shape index (κ2) is 6.63. The molecular formula is C13H20N4O2. The molecule has 0 radical (unpaired) electrons. The zero-order valence-electron chi connectivity index (χ0n) is 11.3. The Morgan fingerprint density at radius 1 is 1.32 bits per heavy atom. The zero-order valence-corrected chi connectivity index (χ0v) is 11.3. The molecule has 0 fully saturated rings. The number of nitrogen functional groups attached to an aromatic ring is 1. The first-order chi connectivity index (χ1) is 8.91. The van der Waals surface area contributed by atoms with Gasteiger partial charge in [0.05, 0.1) is 5.56 Å². The van der Waals surface area contributed by atoms with E-state index in [1.807, 2.05) is 0 Å². The van der Waals surface area contributed by atoms with Crippen molar-refractivity contribution in [2.75, 3.05) is 31.7 Å². The van der Waals surface area contributed by atoms with Crippen LogP contribution in [0.15, 0.2) is 18.2 Å². The second-order valence-electron chi connectivity index (χ2n) is 4.50. The van der Waals surface area contributed by atoms with Crippen LogP contribution in [0.1, 0.15) is 23.2 Å². The summed E-state index contributed by atoms with van der Waals surface area (Å²) in [6.45, 7) is 0.556. The molecular weight excluding hydrogens is 244 g/mol. The number of hydrogen-bond acceptors (Lipinski definition) is 4. The van der Waals surface area contributed by atoms with Gasteiger partial charge in [0.15, 0.2) is 0 Å².